The van der Waals surface area contributed by atoms with Crippen LogP contribution in [0.2, 0.25) is 0 Å². The normalized spacial score (nSPS) is 12.4. The van der Waals surface area contributed by atoms with Gasteiger partial charge in [0.1, 0.15) is 0 Å². The van der Waals surface area contributed by atoms with E-state index in [1.807, 2.05) is 0 Å². The van der Waals surface area contributed by atoms with E-state index in [1.165, 1.54) is 44.5 Å². The van der Waals surface area contributed by atoms with Crippen LogP contribution in [0.1, 0.15) is 44.5 Å². The zero-order valence-corrected chi connectivity index (χ0v) is 14.9. The summed E-state index contributed by atoms with van der Waals surface area (Å²) in [5.41, 5.74) is 12.6. The SMILES string of the molecule is Cc1c(C)c(C)c2c(c1C)Nc1c(C)c(C)c(C)c(C)c1O2. The second-order valence-electron chi connectivity index (χ2n) is 6.64. The van der Waals surface area contributed by atoms with E-state index in [2.05, 4.69) is 60.7 Å². The van der Waals surface area contributed by atoms with E-state index in [-0.39, 0.29) is 0 Å². The Morgan fingerprint density at radius 2 is 0.773 bits per heavy atom. The first-order valence-corrected chi connectivity index (χ1v) is 7.91. The largest absolute Gasteiger partial charge is 0.452 e. The van der Waals surface area contributed by atoms with Gasteiger partial charge in [-0.25, -0.2) is 0 Å². The van der Waals surface area contributed by atoms with Gasteiger partial charge in [-0.15, -0.1) is 0 Å². The molecule has 0 unspecified atom stereocenters. The van der Waals surface area contributed by atoms with Crippen LogP contribution in [0.5, 0.6) is 11.5 Å². The van der Waals surface area contributed by atoms with Crippen LogP contribution >= 0.6 is 0 Å². The Morgan fingerprint density at radius 1 is 0.455 bits per heavy atom. The average Bonchev–Trinajstić information content (AvgIpc) is 2.52. The second-order valence-corrected chi connectivity index (χ2v) is 6.64. The number of hydrogen-bond donors (Lipinski definition) is 1. The predicted molar refractivity (Wildman–Crippen MR) is 94.1 cm³/mol. The minimum absolute atomic E-state index is 0.985. The van der Waals surface area contributed by atoms with Gasteiger partial charge >= 0.3 is 0 Å². The molecule has 0 aliphatic carbocycles. The molecule has 0 saturated carbocycles. The number of rotatable bonds is 0. The van der Waals surface area contributed by atoms with Crippen molar-refractivity contribution in [2.24, 2.45) is 0 Å². The van der Waals surface area contributed by atoms with Gasteiger partial charge in [-0.3, -0.25) is 0 Å². The topological polar surface area (TPSA) is 21.3 Å². The number of nitrogens with one attached hydrogen (secondary N) is 1. The molecule has 0 fully saturated rings. The predicted octanol–water partition coefficient (Wildman–Crippen LogP) is 6.00. The number of fused-ring (bicyclic) bond motifs is 2. The second kappa shape index (κ2) is 4.77. The van der Waals surface area contributed by atoms with Crippen molar-refractivity contribution in [2.75, 3.05) is 5.32 Å². The van der Waals surface area contributed by atoms with Gasteiger partial charge in [0.25, 0.3) is 0 Å². The van der Waals surface area contributed by atoms with E-state index in [0.717, 1.165) is 22.9 Å². The molecule has 0 amide bonds. The molecule has 2 nitrogen and oxygen atoms in total. The van der Waals surface area contributed by atoms with Crippen LogP contribution in [-0.4, -0.2) is 0 Å². The number of hydrogen-bond acceptors (Lipinski definition) is 2. The molecule has 0 spiro atoms. The Morgan fingerprint density at radius 3 is 1.14 bits per heavy atom. The standard InChI is InChI=1S/C20H25NO/c1-9-11(3)15(7)19-17(13(9)5)21-18-14(6)10(2)12(4)16(8)20(18)22-19/h21H,1-8H3. The molecule has 116 valence electrons. The van der Waals surface area contributed by atoms with Crippen molar-refractivity contribution in [2.45, 2.75) is 55.4 Å². The van der Waals surface area contributed by atoms with E-state index in [9.17, 15) is 0 Å². The van der Waals surface area contributed by atoms with Crippen LogP contribution < -0.4 is 10.1 Å². The lowest BCUT2D eigenvalue weighted by molar-refractivity contribution is 0.471. The van der Waals surface area contributed by atoms with Crippen molar-refractivity contribution in [3.8, 4) is 11.5 Å². The molecule has 1 heterocycles. The third-order valence-corrected chi connectivity index (χ3v) is 5.71. The van der Waals surface area contributed by atoms with Crippen molar-refractivity contribution in [3.63, 3.8) is 0 Å². The van der Waals surface area contributed by atoms with Crippen LogP contribution in [0.25, 0.3) is 0 Å². The Balaban J connectivity index is 2.32. The van der Waals surface area contributed by atoms with Crippen LogP contribution in [-0.2, 0) is 0 Å². The summed E-state index contributed by atoms with van der Waals surface area (Å²) >= 11 is 0. The first-order valence-electron chi connectivity index (χ1n) is 7.91. The fourth-order valence-corrected chi connectivity index (χ4v) is 3.34. The first kappa shape index (κ1) is 15.0. The summed E-state index contributed by atoms with van der Waals surface area (Å²) in [6, 6.07) is 0. The van der Waals surface area contributed by atoms with Crippen molar-refractivity contribution in [1.82, 2.24) is 0 Å². The van der Waals surface area contributed by atoms with Crippen molar-refractivity contribution < 1.29 is 4.74 Å². The molecule has 0 saturated heterocycles. The maximum atomic E-state index is 6.41. The smallest absolute Gasteiger partial charge is 0.154 e. The van der Waals surface area contributed by atoms with Gasteiger partial charge in [-0.1, -0.05) is 0 Å². The molecule has 1 N–H and O–H groups in total. The van der Waals surface area contributed by atoms with E-state index in [4.69, 9.17) is 4.74 Å². The summed E-state index contributed by atoms with van der Waals surface area (Å²) in [6.45, 7) is 17.4. The van der Waals surface area contributed by atoms with E-state index in [0.29, 0.717) is 0 Å². The van der Waals surface area contributed by atoms with Gasteiger partial charge < -0.3 is 10.1 Å². The van der Waals surface area contributed by atoms with E-state index < -0.39 is 0 Å². The fourth-order valence-electron chi connectivity index (χ4n) is 3.34. The van der Waals surface area contributed by atoms with Crippen LogP contribution in [0.3, 0.4) is 0 Å². The summed E-state index contributed by atoms with van der Waals surface area (Å²) in [6.07, 6.45) is 0. The van der Waals surface area contributed by atoms with Crippen LogP contribution in [0.15, 0.2) is 0 Å². The quantitative estimate of drug-likeness (QED) is 0.549. The lowest BCUT2D eigenvalue weighted by atomic mass is 9.92. The lowest BCUT2D eigenvalue weighted by Gasteiger charge is -2.30. The number of ether oxygens (including phenoxy) is 1. The Kier molecular flexibility index (Phi) is 3.24. The summed E-state index contributed by atoms with van der Waals surface area (Å²) in [5.74, 6) is 1.97. The highest BCUT2D eigenvalue weighted by Gasteiger charge is 2.27. The Bertz CT molecular complexity index is 680. The summed E-state index contributed by atoms with van der Waals surface area (Å²) in [7, 11) is 0. The van der Waals surface area contributed by atoms with E-state index in [1.54, 1.807) is 0 Å². The minimum atomic E-state index is 0.985. The molecular weight excluding hydrogens is 270 g/mol. The monoisotopic (exact) mass is 295 g/mol. The summed E-state index contributed by atoms with van der Waals surface area (Å²) < 4.78 is 6.41. The molecule has 0 atom stereocenters. The molecule has 1 aliphatic heterocycles. The summed E-state index contributed by atoms with van der Waals surface area (Å²) in [4.78, 5) is 0. The van der Waals surface area contributed by atoms with Gasteiger partial charge in [0.2, 0.25) is 0 Å². The molecule has 0 bridgehead atoms. The highest BCUT2D eigenvalue weighted by molar-refractivity contribution is 5.84. The van der Waals surface area contributed by atoms with Crippen molar-refractivity contribution >= 4 is 11.4 Å². The summed E-state index contributed by atoms with van der Waals surface area (Å²) in [5, 5.41) is 3.67. The molecule has 22 heavy (non-hydrogen) atoms. The Labute approximate surface area is 133 Å². The van der Waals surface area contributed by atoms with Gasteiger partial charge in [0.15, 0.2) is 11.5 Å². The van der Waals surface area contributed by atoms with Gasteiger partial charge in [-0.05, 0) is 99.9 Å². The van der Waals surface area contributed by atoms with Crippen LogP contribution in [0.4, 0.5) is 11.4 Å². The zero-order chi connectivity index (χ0) is 16.3. The lowest BCUT2D eigenvalue weighted by Crippen LogP contribution is -2.12. The molecule has 2 heteroatoms. The van der Waals surface area contributed by atoms with Gasteiger partial charge in [0, 0.05) is 0 Å². The minimum Gasteiger partial charge on any atom is -0.452 e. The van der Waals surface area contributed by atoms with Gasteiger partial charge in [0.05, 0.1) is 11.4 Å². The molecule has 2 aromatic rings. The number of benzene rings is 2. The van der Waals surface area contributed by atoms with Gasteiger partial charge in [-0.2, -0.15) is 0 Å². The average molecular weight is 295 g/mol. The molecule has 0 radical (unpaired) electrons. The first-order chi connectivity index (χ1) is 10.3. The van der Waals surface area contributed by atoms with Crippen LogP contribution in [0, 0.1) is 55.4 Å². The third-order valence-electron chi connectivity index (χ3n) is 5.71. The molecular formula is C20H25NO. The number of anilines is 2. The maximum absolute atomic E-state index is 6.41. The highest BCUT2D eigenvalue weighted by atomic mass is 16.5. The maximum Gasteiger partial charge on any atom is 0.154 e. The fraction of sp³-hybridized carbons (Fsp3) is 0.400. The third kappa shape index (κ3) is 1.79. The Hall–Kier alpha value is -1.96. The molecule has 0 aromatic heterocycles. The highest BCUT2D eigenvalue weighted by Crippen LogP contribution is 2.50. The van der Waals surface area contributed by atoms with Crippen molar-refractivity contribution in [3.05, 3.63) is 44.5 Å². The molecule has 3 rings (SSSR count). The van der Waals surface area contributed by atoms with Crippen molar-refractivity contribution in [1.29, 1.82) is 0 Å². The molecule has 1 aliphatic rings. The zero-order valence-electron chi connectivity index (χ0n) is 14.9. The van der Waals surface area contributed by atoms with E-state index >= 15 is 0 Å². The molecule has 2 aromatic carbocycles.